The average Bonchev–Trinajstić information content (AvgIpc) is 2.25. The minimum absolute atomic E-state index is 0.148. The molecule has 5 heteroatoms. The Kier molecular flexibility index (Phi) is 3.88. The molecule has 0 atom stereocenters. The molecule has 0 aliphatic rings. The first-order valence-electron chi connectivity index (χ1n) is 5.15. The van der Waals surface area contributed by atoms with Crippen LogP contribution in [-0.2, 0) is 0 Å². The molecule has 0 saturated heterocycles. The third-order valence-corrected chi connectivity index (χ3v) is 3.34. The fourth-order valence-corrected chi connectivity index (χ4v) is 1.46. The molecule has 0 spiro atoms. The number of carbonyl (C=O) groups is 1. The summed E-state index contributed by atoms with van der Waals surface area (Å²) < 4.78 is 0. The Hall–Kier alpha value is -1.42. The van der Waals surface area contributed by atoms with Gasteiger partial charge >= 0.3 is 0 Å². The Morgan fingerprint density at radius 1 is 1.29 bits per heavy atom. The van der Waals surface area contributed by atoms with E-state index in [0.717, 1.165) is 0 Å². The molecule has 0 aliphatic carbocycles. The van der Waals surface area contributed by atoms with Crippen LogP contribution in [0.5, 0.6) is 11.5 Å². The highest BCUT2D eigenvalue weighted by Crippen LogP contribution is 2.23. The third-order valence-electron chi connectivity index (χ3n) is 2.69. The van der Waals surface area contributed by atoms with Crippen LogP contribution in [0.15, 0.2) is 18.2 Å². The summed E-state index contributed by atoms with van der Waals surface area (Å²) >= 11 is 5.79. The maximum atomic E-state index is 12.1. The van der Waals surface area contributed by atoms with Crippen LogP contribution >= 0.6 is 11.6 Å². The van der Waals surface area contributed by atoms with Crippen molar-refractivity contribution in [3.8, 4) is 11.5 Å². The van der Waals surface area contributed by atoms with E-state index in [2.05, 4.69) is 0 Å². The summed E-state index contributed by atoms with van der Waals surface area (Å²) in [5.74, 6) is -0.308. The lowest BCUT2D eigenvalue weighted by Crippen LogP contribution is -2.46. The predicted octanol–water partition coefficient (Wildman–Crippen LogP) is 2.19. The number of alkyl halides is 1. The number of phenolic OH excluding ortho intramolecular Hbond substituents is 2. The van der Waals surface area contributed by atoms with Gasteiger partial charge in [-0.05, 0) is 26.0 Å². The molecular formula is C12H16ClNO3. The quantitative estimate of drug-likeness (QED) is 0.816. The van der Waals surface area contributed by atoms with Crippen LogP contribution < -0.4 is 0 Å². The number of aromatic hydroxyl groups is 2. The van der Waals surface area contributed by atoms with Gasteiger partial charge in [-0.1, -0.05) is 0 Å². The highest BCUT2D eigenvalue weighted by atomic mass is 35.5. The van der Waals surface area contributed by atoms with Gasteiger partial charge in [-0.3, -0.25) is 4.79 Å². The molecule has 1 aromatic rings. The van der Waals surface area contributed by atoms with Gasteiger partial charge in [0, 0.05) is 24.6 Å². The highest BCUT2D eigenvalue weighted by Gasteiger charge is 2.27. The molecular weight excluding hydrogens is 242 g/mol. The van der Waals surface area contributed by atoms with Crippen molar-refractivity contribution < 1.29 is 15.0 Å². The second-order valence-electron chi connectivity index (χ2n) is 4.55. The topological polar surface area (TPSA) is 60.8 Å². The Morgan fingerprint density at radius 2 is 1.76 bits per heavy atom. The standard InChI is InChI=1S/C12H16ClNO3/c1-12(2,7-13)14(3)11(17)8-4-9(15)6-10(16)5-8/h4-6,15-16H,7H2,1-3H3. The van der Waals surface area contributed by atoms with Gasteiger partial charge in [0.1, 0.15) is 11.5 Å². The molecule has 1 rings (SSSR count). The molecule has 0 aliphatic heterocycles. The zero-order valence-electron chi connectivity index (χ0n) is 10.1. The number of hydrogen-bond donors (Lipinski definition) is 2. The molecule has 4 nitrogen and oxygen atoms in total. The van der Waals surface area contributed by atoms with Crippen molar-refractivity contribution in [1.29, 1.82) is 0 Å². The maximum Gasteiger partial charge on any atom is 0.254 e. The van der Waals surface area contributed by atoms with E-state index in [4.69, 9.17) is 11.6 Å². The minimum Gasteiger partial charge on any atom is -0.508 e. The number of rotatable bonds is 3. The number of amides is 1. The van der Waals surface area contributed by atoms with Crippen LogP contribution in [0.3, 0.4) is 0 Å². The first kappa shape index (κ1) is 13.6. The number of halogens is 1. The second kappa shape index (κ2) is 4.84. The molecule has 0 unspecified atom stereocenters. The smallest absolute Gasteiger partial charge is 0.254 e. The van der Waals surface area contributed by atoms with E-state index < -0.39 is 5.54 Å². The van der Waals surface area contributed by atoms with Crippen molar-refractivity contribution in [2.45, 2.75) is 19.4 Å². The van der Waals surface area contributed by atoms with Gasteiger partial charge in [-0.2, -0.15) is 0 Å². The number of carbonyl (C=O) groups excluding carboxylic acids is 1. The summed E-state index contributed by atoms with van der Waals surface area (Å²) in [5.41, 5.74) is -0.275. The fourth-order valence-electron chi connectivity index (χ4n) is 1.28. The average molecular weight is 258 g/mol. The summed E-state index contributed by atoms with van der Waals surface area (Å²) in [7, 11) is 1.63. The molecule has 0 aromatic heterocycles. The van der Waals surface area contributed by atoms with Crippen molar-refractivity contribution in [1.82, 2.24) is 4.90 Å². The van der Waals surface area contributed by atoms with Gasteiger partial charge < -0.3 is 15.1 Å². The maximum absolute atomic E-state index is 12.1. The molecule has 94 valence electrons. The number of phenols is 2. The summed E-state index contributed by atoms with van der Waals surface area (Å²) in [6.45, 7) is 3.67. The summed E-state index contributed by atoms with van der Waals surface area (Å²) in [6.07, 6.45) is 0. The fraction of sp³-hybridized carbons (Fsp3) is 0.417. The Bertz CT molecular complexity index is 412. The van der Waals surface area contributed by atoms with Crippen LogP contribution in [0.1, 0.15) is 24.2 Å². The van der Waals surface area contributed by atoms with Crippen LogP contribution in [-0.4, -0.2) is 39.5 Å². The molecule has 1 amide bonds. The predicted molar refractivity (Wildman–Crippen MR) is 66.7 cm³/mol. The third kappa shape index (κ3) is 3.03. The molecule has 0 radical (unpaired) electrons. The summed E-state index contributed by atoms with van der Waals surface area (Å²) in [4.78, 5) is 13.6. The summed E-state index contributed by atoms with van der Waals surface area (Å²) in [5, 5.41) is 18.7. The largest absolute Gasteiger partial charge is 0.508 e. The first-order chi connectivity index (χ1) is 7.77. The van der Waals surface area contributed by atoms with E-state index in [-0.39, 0.29) is 23.0 Å². The molecule has 0 heterocycles. The lowest BCUT2D eigenvalue weighted by atomic mass is 10.0. The van der Waals surface area contributed by atoms with Gasteiger partial charge in [0.05, 0.1) is 5.54 Å². The minimum atomic E-state index is -0.500. The highest BCUT2D eigenvalue weighted by molar-refractivity contribution is 6.18. The van der Waals surface area contributed by atoms with Crippen molar-refractivity contribution in [2.75, 3.05) is 12.9 Å². The molecule has 0 fully saturated rings. The first-order valence-corrected chi connectivity index (χ1v) is 5.68. The molecule has 2 N–H and O–H groups in total. The SMILES string of the molecule is CN(C(=O)c1cc(O)cc(O)c1)C(C)(C)CCl. The van der Waals surface area contributed by atoms with E-state index in [9.17, 15) is 15.0 Å². The molecule has 17 heavy (non-hydrogen) atoms. The lowest BCUT2D eigenvalue weighted by molar-refractivity contribution is 0.0659. The summed E-state index contributed by atoms with van der Waals surface area (Å²) in [6, 6.07) is 3.79. The van der Waals surface area contributed by atoms with Gasteiger partial charge in [-0.25, -0.2) is 0 Å². The van der Waals surface area contributed by atoms with Crippen LogP contribution in [0.4, 0.5) is 0 Å². The van der Waals surface area contributed by atoms with E-state index in [1.165, 1.54) is 23.1 Å². The monoisotopic (exact) mass is 257 g/mol. The molecule has 0 bridgehead atoms. The zero-order valence-corrected chi connectivity index (χ0v) is 10.8. The van der Waals surface area contributed by atoms with E-state index in [1.807, 2.05) is 13.8 Å². The normalized spacial score (nSPS) is 11.3. The number of hydrogen-bond acceptors (Lipinski definition) is 3. The Morgan fingerprint density at radius 3 is 2.18 bits per heavy atom. The van der Waals surface area contributed by atoms with Crippen molar-refractivity contribution >= 4 is 17.5 Å². The molecule has 0 saturated carbocycles. The van der Waals surface area contributed by atoms with Crippen LogP contribution in [0.2, 0.25) is 0 Å². The van der Waals surface area contributed by atoms with Crippen molar-refractivity contribution in [3.63, 3.8) is 0 Å². The van der Waals surface area contributed by atoms with Crippen LogP contribution in [0.25, 0.3) is 0 Å². The van der Waals surface area contributed by atoms with E-state index >= 15 is 0 Å². The second-order valence-corrected chi connectivity index (χ2v) is 4.82. The van der Waals surface area contributed by atoms with Crippen LogP contribution in [0, 0.1) is 0 Å². The molecule has 1 aromatic carbocycles. The number of benzene rings is 1. The van der Waals surface area contributed by atoms with Gasteiger partial charge in [0.25, 0.3) is 5.91 Å². The number of nitrogens with zero attached hydrogens (tertiary/aromatic N) is 1. The Balaban J connectivity index is 3.04. The van der Waals surface area contributed by atoms with Gasteiger partial charge in [0.15, 0.2) is 0 Å². The van der Waals surface area contributed by atoms with Crippen molar-refractivity contribution in [3.05, 3.63) is 23.8 Å². The van der Waals surface area contributed by atoms with Crippen molar-refractivity contribution in [2.24, 2.45) is 0 Å². The lowest BCUT2D eigenvalue weighted by Gasteiger charge is -2.34. The van der Waals surface area contributed by atoms with E-state index in [1.54, 1.807) is 7.05 Å². The zero-order chi connectivity index (χ0) is 13.2. The van der Waals surface area contributed by atoms with Gasteiger partial charge in [0.2, 0.25) is 0 Å². The van der Waals surface area contributed by atoms with Gasteiger partial charge in [-0.15, -0.1) is 11.6 Å². The van der Waals surface area contributed by atoms with E-state index in [0.29, 0.717) is 5.88 Å². The Labute approximate surface area is 105 Å².